The molecule has 3 aromatic heterocycles. The van der Waals surface area contributed by atoms with Crippen LogP contribution in [-0.2, 0) is 16.9 Å². The van der Waals surface area contributed by atoms with Crippen molar-refractivity contribution in [2.75, 3.05) is 26.7 Å². The molecule has 1 atom stereocenters. The predicted molar refractivity (Wildman–Crippen MR) is 120 cm³/mol. The number of hydrogen-bond donors (Lipinski definition) is 1. The molecule has 0 bridgehead atoms. The fourth-order valence-electron chi connectivity index (χ4n) is 4.87. The normalized spacial score (nSPS) is 20.4. The molecule has 1 unspecified atom stereocenters. The average molecular weight is 468 g/mol. The first-order chi connectivity index (χ1) is 16.5. The Morgan fingerprint density at radius 1 is 1.29 bits per heavy atom. The quantitative estimate of drug-likeness (QED) is 0.457. The van der Waals surface area contributed by atoms with Gasteiger partial charge in [0.1, 0.15) is 29.0 Å². The van der Waals surface area contributed by atoms with Crippen molar-refractivity contribution >= 4 is 16.6 Å². The summed E-state index contributed by atoms with van der Waals surface area (Å²) in [5.74, 6) is 0.161. The Morgan fingerprint density at radius 2 is 2.15 bits per heavy atom. The highest BCUT2D eigenvalue weighted by molar-refractivity contribution is 5.83. The molecule has 34 heavy (non-hydrogen) atoms. The lowest BCUT2D eigenvalue weighted by atomic mass is 10.1. The Balaban J connectivity index is 1.46. The Labute approximate surface area is 193 Å². The van der Waals surface area contributed by atoms with Gasteiger partial charge in [0.05, 0.1) is 17.1 Å². The van der Waals surface area contributed by atoms with Crippen LogP contribution < -0.4 is 5.56 Å². The van der Waals surface area contributed by atoms with Crippen LogP contribution in [0.3, 0.4) is 0 Å². The van der Waals surface area contributed by atoms with Gasteiger partial charge in [0.25, 0.3) is 11.4 Å². The van der Waals surface area contributed by atoms with Crippen LogP contribution in [0.15, 0.2) is 33.8 Å². The van der Waals surface area contributed by atoms with E-state index in [9.17, 15) is 14.3 Å². The van der Waals surface area contributed by atoms with E-state index < -0.39 is 11.4 Å². The highest BCUT2D eigenvalue weighted by Gasteiger charge is 2.50. The smallest absolute Gasteiger partial charge is 0.277 e. The molecule has 1 N–H and O–H groups in total. The molecule has 1 aliphatic heterocycles. The first kappa shape index (κ1) is 21.4. The maximum absolute atomic E-state index is 14.2. The maximum Gasteiger partial charge on any atom is 0.277 e. The van der Waals surface area contributed by atoms with Crippen molar-refractivity contribution in [3.05, 3.63) is 46.6 Å². The molecule has 4 heterocycles. The molecule has 1 saturated heterocycles. The molecule has 1 aliphatic carbocycles. The summed E-state index contributed by atoms with van der Waals surface area (Å²) in [7, 11) is 1.61. The van der Waals surface area contributed by atoms with Gasteiger partial charge in [0.15, 0.2) is 0 Å². The Hall–Kier alpha value is -3.15. The second-order valence-electron chi connectivity index (χ2n) is 9.12. The number of piperidine rings is 1. The number of imidazole rings is 1. The minimum Gasteiger partial charge on any atom is -0.392 e. The number of rotatable bonds is 6. The van der Waals surface area contributed by atoms with E-state index >= 15 is 0 Å². The third-order valence-corrected chi connectivity index (χ3v) is 6.95. The summed E-state index contributed by atoms with van der Waals surface area (Å²) >= 11 is 0. The number of aliphatic hydroxyl groups is 1. The average Bonchev–Trinajstić information content (AvgIpc) is 3.25. The molecule has 10 nitrogen and oxygen atoms in total. The summed E-state index contributed by atoms with van der Waals surface area (Å²) < 4.78 is 28.4. The van der Waals surface area contributed by atoms with Crippen molar-refractivity contribution in [2.45, 2.75) is 43.9 Å². The first-order valence-corrected chi connectivity index (χ1v) is 11.5. The van der Waals surface area contributed by atoms with E-state index in [1.54, 1.807) is 22.1 Å². The van der Waals surface area contributed by atoms with E-state index in [1.165, 1.54) is 18.5 Å². The molecule has 6 rings (SSSR count). The lowest BCUT2D eigenvalue weighted by Gasteiger charge is -2.30. The number of nitrogens with zero attached hydrogens (tertiary/aromatic N) is 6. The Morgan fingerprint density at radius 3 is 2.91 bits per heavy atom. The van der Waals surface area contributed by atoms with Crippen LogP contribution in [-0.4, -0.2) is 66.9 Å². The van der Waals surface area contributed by atoms with E-state index in [1.807, 2.05) is 0 Å². The molecular formula is C23H25FN6O4. The fraction of sp³-hybridized carbons (Fsp3) is 0.478. The Bertz CT molecular complexity index is 1440. The largest absolute Gasteiger partial charge is 0.392 e. The van der Waals surface area contributed by atoms with E-state index in [-0.39, 0.29) is 17.5 Å². The number of fused-ring (bicyclic) bond motifs is 3. The Kier molecular flexibility index (Phi) is 5.01. The summed E-state index contributed by atoms with van der Waals surface area (Å²) in [4.78, 5) is 24.7. The molecule has 1 aromatic carbocycles. The van der Waals surface area contributed by atoms with E-state index in [0.717, 1.165) is 32.2 Å². The number of aromatic nitrogens is 5. The molecule has 0 spiro atoms. The number of benzene rings is 1. The number of ether oxygens (including phenoxy) is 1. The molecule has 1 saturated carbocycles. The maximum atomic E-state index is 14.2. The molecule has 2 aliphatic rings. The topological polar surface area (TPSA) is 111 Å². The second-order valence-corrected chi connectivity index (χ2v) is 9.12. The van der Waals surface area contributed by atoms with Gasteiger partial charge in [-0.3, -0.25) is 14.1 Å². The van der Waals surface area contributed by atoms with Gasteiger partial charge in [0, 0.05) is 26.7 Å². The summed E-state index contributed by atoms with van der Waals surface area (Å²) in [6, 6.07) is 4.36. The van der Waals surface area contributed by atoms with Crippen molar-refractivity contribution in [3.63, 3.8) is 0 Å². The van der Waals surface area contributed by atoms with Crippen LogP contribution in [0.25, 0.3) is 28.1 Å². The predicted octanol–water partition coefficient (Wildman–Crippen LogP) is 1.93. The molecule has 0 radical (unpaired) electrons. The highest BCUT2D eigenvalue weighted by atomic mass is 19.1. The van der Waals surface area contributed by atoms with Gasteiger partial charge in [-0.1, -0.05) is 5.16 Å². The summed E-state index contributed by atoms with van der Waals surface area (Å²) in [6.45, 7) is 2.32. The van der Waals surface area contributed by atoms with Gasteiger partial charge >= 0.3 is 0 Å². The minimum absolute atomic E-state index is 0.213. The summed E-state index contributed by atoms with van der Waals surface area (Å²) in [6.07, 6.45) is 4.44. The third kappa shape index (κ3) is 3.42. The SMILES string of the molecule is COC1(c2nc(-c3ncn4c3c(=O)n(CCN3CCCC(O)C3)c3cc(F)ccc34)no2)CC1. The monoisotopic (exact) mass is 468 g/mol. The number of aliphatic hydroxyl groups excluding tert-OH is 1. The van der Waals surface area contributed by atoms with Crippen LogP contribution in [0, 0.1) is 5.82 Å². The first-order valence-electron chi connectivity index (χ1n) is 11.5. The fourth-order valence-corrected chi connectivity index (χ4v) is 4.87. The van der Waals surface area contributed by atoms with Crippen LogP contribution >= 0.6 is 0 Å². The number of methoxy groups -OCH3 is 1. The van der Waals surface area contributed by atoms with Crippen LogP contribution in [0.1, 0.15) is 31.6 Å². The number of halogens is 1. The van der Waals surface area contributed by atoms with Gasteiger partial charge in [-0.25, -0.2) is 9.37 Å². The van der Waals surface area contributed by atoms with Gasteiger partial charge in [-0.2, -0.15) is 4.98 Å². The van der Waals surface area contributed by atoms with Crippen molar-refractivity contribution in [1.82, 2.24) is 29.0 Å². The standard InChI is InChI=1S/C23H25FN6O4/c1-33-23(6-7-23)22-26-20(27-34-22)18-19-21(32)29(10-9-28-8-2-3-15(31)12-28)17-11-14(24)4-5-16(17)30(19)13-25-18/h4-5,11,13,15,31H,2-3,6-10,12H2,1H3. The van der Waals surface area contributed by atoms with Gasteiger partial charge in [-0.15, -0.1) is 0 Å². The van der Waals surface area contributed by atoms with Gasteiger partial charge in [-0.05, 0) is 50.4 Å². The van der Waals surface area contributed by atoms with E-state index in [0.29, 0.717) is 47.8 Å². The van der Waals surface area contributed by atoms with E-state index in [2.05, 4.69) is 20.0 Å². The lowest BCUT2D eigenvalue weighted by Crippen LogP contribution is -2.40. The van der Waals surface area contributed by atoms with Crippen LogP contribution in [0.2, 0.25) is 0 Å². The third-order valence-electron chi connectivity index (χ3n) is 6.95. The summed E-state index contributed by atoms with van der Waals surface area (Å²) in [5.41, 5.74) is 0.858. The minimum atomic E-state index is -0.551. The van der Waals surface area contributed by atoms with Crippen molar-refractivity contribution < 1.29 is 18.8 Å². The lowest BCUT2D eigenvalue weighted by molar-refractivity contribution is 0.0492. The van der Waals surface area contributed by atoms with Crippen molar-refractivity contribution in [1.29, 1.82) is 0 Å². The molecule has 0 amide bonds. The molecule has 11 heteroatoms. The van der Waals surface area contributed by atoms with Crippen molar-refractivity contribution in [2.24, 2.45) is 0 Å². The number of hydrogen-bond acceptors (Lipinski definition) is 8. The zero-order valence-electron chi connectivity index (χ0n) is 18.8. The molecule has 2 fully saturated rings. The number of β-amino-alcohol motifs (C(OH)–C–C–N with tert-alkyl or cyclic N) is 1. The summed E-state index contributed by atoms with van der Waals surface area (Å²) in [5, 5.41) is 14.1. The van der Waals surface area contributed by atoms with Gasteiger partial charge < -0.3 is 18.9 Å². The van der Waals surface area contributed by atoms with Crippen LogP contribution in [0.5, 0.6) is 0 Å². The zero-order valence-corrected chi connectivity index (χ0v) is 18.8. The molecule has 4 aromatic rings. The molecule has 178 valence electrons. The zero-order chi connectivity index (χ0) is 23.4. The second kappa shape index (κ2) is 7.97. The highest BCUT2D eigenvalue weighted by Crippen LogP contribution is 2.48. The van der Waals surface area contributed by atoms with Crippen LogP contribution in [0.4, 0.5) is 4.39 Å². The molecular weight excluding hydrogens is 443 g/mol. The van der Waals surface area contributed by atoms with E-state index in [4.69, 9.17) is 9.26 Å². The van der Waals surface area contributed by atoms with Crippen molar-refractivity contribution in [3.8, 4) is 11.5 Å². The van der Waals surface area contributed by atoms with Gasteiger partial charge in [0.2, 0.25) is 5.82 Å². The number of likely N-dealkylation sites (tertiary alicyclic amines) is 1.